The molecule has 2 aromatic rings. The molecule has 1 amide bonds. The molecule has 5 heteroatoms. The van der Waals surface area contributed by atoms with Crippen molar-refractivity contribution in [1.29, 1.82) is 0 Å². The Balaban J connectivity index is 2.14. The van der Waals surface area contributed by atoms with Crippen molar-refractivity contribution < 1.29 is 14.3 Å². The molecule has 1 aromatic heterocycles. The van der Waals surface area contributed by atoms with Crippen molar-refractivity contribution in [3.05, 3.63) is 41.1 Å². The van der Waals surface area contributed by atoms with E-state index in [9.17, 15) is 9.59 Å². The molecule has 1 aromatic carbocycles. The summed E-state index contributed by atoms with van der Waals surface area (Å²) in [6.45, 7) is 3.65. The Morgan fingerprint density at radius 1 is 1.35 bits per heavy atom. The second kappa shape index (κ2) is 5.99. The van der Waals surface area contributed by atoms with Crippen LogP contribution in [0.4, 0.5) is 0 Å². The van der Waals surface area contributed by atoms with Gasteiger partial charge >= 0.3 is 5.97 Å². The number of rotatable bonds is 3. The van der Waals surface area contributed by atoms with Crippen LogP contribution in [0.15, 0.2) is 24.3 Å². The molecular formula is C18H20N2O3. The number of pyridine rings is 1. The lowest BCUT2D eigenvalue weighted by atomic mass is 9.84. The largest absolute Gasteiger partial charge is 0.449 e. The maximum Gasteiger partial charge on any atom is 0.339 e. The lowest BCUT2D eigenvalue weighted by Gasteiger charge is -2.24. The van der Waals surface area contributed by atoms with Gasteiger partial charge in [0.25, 0.3) is 5.91 Å². The molecule has 23 heavy (non-hydrogen) atoms. The molecule has 3 rings (SSSR count). The summed E-state index contributed by atoms with van der Waals surface area (Å²) in [6.07, 6.45) is 1.76. The number of ether oxygens (including phenoxy) is 1. The summed E-state index contributed by atoms with van der Waals surface area (Å²) in [5, 5.41) is 0.766. The fourth-order valence-electron chi connectivity index (χ4n) is 3.07. The number of amides is 1. The van der Waals surface area contributed by atoms with Gasteiger partial charge in [-0.25, -0.2) is 4.79 Å². The van der Waals surface area contributed by atoms with Gasteiger partial charge in [0.2, 0.25) is 0 Å². The summed E-state index contributed by atoms with van der Waals surface area (Å²) >= 11 is 0. The van der Waals surface area contributed by atoms with Crippen molar-refractivity contribution in [2.75, 3.05) is 0 Å². The van der Waals surface area contributed by atoms with Crippen LogP contribution in [-0.2, 0) is 22.4 Å². The number of carbonyl (C=O) groups excluding carboxylic acids is 2. The first kappa shape index (κ1) is 15.5. The smallest absolute Gasteiger partial charge is 0.339 e. The van der Waals surface area contributed by atoms with Gasteiger partial charge in [-0.1, -0.05) is 25.1 Å². The van der Waals surface area contributed by atoms with Gasteiger partial charge in [0.15, 0.2) is 6.10 Å². The second-order valence-corrected chi connectivity index (χ2v) is 6.23. The first-order chi connectivity index (χ1) is 11.0. The number of para-hydroxylation sites is 1. The number of aromatic nitrogens is 1. The van der Waals surface area contributed by atoms with Gasteiger partial charge in [-0.3, -0.25) is 9.78 Å². The molecular weight excluding hydrogens is 292 g/mol. The molecule has 0 aliphatic heterocycles. The second-order valence-electron chi connectivity index (χ2n) is 6.23. The number of nitrogens with zero attached hydrogens (tertiary/aromatic N) is 1. The minimum absolute atomic E-state index is 0.491. The predicted molar refractivity (Wildman–Crippen MR) is 87.0 cm³/mol. The number of nitrogens with two attached hydrogens (primary N) is 1. The maximum absolute atomic E-state index is 12.7. The van der Waals surface area contributed by atoms with Gasteiger partial charge in [-0.2, -0.15) is 0 Å². The van der Waals surface area contributed by atoms with E-state index in [-0.39, 0.29) is 0 Å². The molecule has 0 fully saturated rings. The van der Waals surface area contributed by atoms with Gasteiger partial charge in [0.05, 0.1) is 11.1 Å². The van der Waals surface area contributed by atoms with Crippen molar-refractivity contribution in [2.45, 2.75) is 39.2 Å². The third-order valence-corrected chi connectivity index (χ3v) is 4.39. The van der Waals surface area contributed by atoms with Crippen molar-refractivity contribution in [1.82, 2.24) is 4.98 Å². The molecule has 1 aliphatic carbocycles. The third kappa shape index (κ3) is 2.91. The Hall–Kier alpha value is -2.43. The van der Waals surface area contributed by atoms with Crippen molar-refractivity contribution in [2.24, 2.45) is 11.7 Å². The monoisotopic (exact) mass is 312 g/mol. The summed E-state index contributed by atoms with van der Waals surface area (Å²) in [7, 11) is 0. The number of carbonyl (C=O) groups is 2. The zero-order valence-corrected chi connectivity index (χ0v) is 13.3. The van der Waals surface area contributed by atoms with E-state index in [2.05, 4.69) is 6.92 Å². The molecule has 5 nitrogen and oxygen atoms in total. The number of esters is 1. The summed E-state index contributed by atoms with van der Waals surface area (Å²) in [5.74, 6) is -0.662. The molecule has 0 spiro atoms. The summed E-state index contributed by atoms with van der Waals surface area (Å²) in [5.41, 5.74) is 8.42. The topological polar surface area (TPSA) is 82.3 Å². The van der Waals surface area contributed by atoms with Crippen molar-refractivity contribution >= 4 is 22.8 Å². The van der Waals surface area contributed by atoms with E-state index in [1.807, 2.05) is 24.3 Å². The molecule has 2 N–H and O–H groups in total. The zero-order valence-electron chi connectivity index (χ0n) is 13.3. The zero-order chi connectivity index (χ0) is 16.6. The van der Waals surface area contributed by atoms with Crippen LogP contribution in [0.3, 0.4) is 0 Å². The Kier molecular flexibility index (Phi) is 4.03. The molecule has 0 unspecified atom stereocenters. The highest BCUT2D eigenvalue weighted by molar-refractivity contribution is 6.05. The van der Waals surface area contributed by atoms with E-state index >= 15 is 0 Å². The van der Waals surface area contributed by atoms with Crippen LogP contribution in [0.5, 0.6) is 0 Å². The Morgan fingerprint density at radius 2 is 2.09 bits per heavy atom. The van der Waals surface area contributed by atoms with Crippen LogP contribution in [0.25, 0.3) is 10.9 Å². The lowest BCUT2D eigenvalue weighted by molar-refractivity contribution is -0.125. The van der Waals surface area contributed by atoms with E-state index in [1.165, 1.54) is 6.92 Å². The average molecular weight is 312 g/mol. The van der Waals surface area contributed by atoms with Crippen molar-refractivity contribution in [3.63, 3.8) is 0 Å². The molecule has 2 atom stereocenters. The predicted octanol–water partition coefficient (Wildman–Crippen LogP) is 2.39. The fraction of sp³-hybridized carbons (Fsp3) is 0.389. The fourth-order valence-corrected chi connectivity index (χ4v) is 3.07. The van der Waals surface area contributed by atoms with E-state index in [4.69, 9.17) is 15.5 Å². The number of hydrogen-bond donors (Lipinski definition) is 1. The highest BCUT2D eigenvalue weighted by Gasteiger charge is 2.27. The molecule has 0 saturated heterocycles. The van der Waals surface area contributed by atoms with Crippen LogP contribution in [0.1, 0.15) is 41.9 Å². The van der Waals surface area contributed by atoms with Crippen LogP contribution in [0.2, 0.25) is 0 Å². The number of benzene rings is 1. The quantitative estimate of drug-likeness (QED) is 0.882. The summed E-state index contributed by atoms with van der Waals surface area (Å²) < 4.78 is 5.27. The number of primary amides is 1. The Labute approximate surface area is 134 Å². The van der Waals surface area contributed by atoms with Crippen LogP contribution < -0.4 is 5.73 Å². The first-order valence-electron chi connectivity index (χ1n) is 7.88. The van der Waals surface area contributed by atoms with Gasteiger partial charge in [0.1, 0.15) is 0 Å². The van der Waals surface area contributed by atoms with E-state index in [0.29, 0.717) is 11.5 Å². The first-order valence-corrected chi connectivity index (χ1v) is 7.88. The maximum atomic E-state index is 12.7. The highest BCUT2D eigenvalue weighted by atomic mass is 16.5. The standard InChI is InChI=1S/C18H20N2O3/c1-10-7-8-15-13(9-10)16(18(22)23-11(2)17(19)21)12-5-3-4-6-14(12)20-15/h3-6,10-11H,7-9H2,1-2H3,(H2,19,21)/t10-,11+/m0/s1. The highest BCUT2D eigenvalue weighted by Crippen LogP contribution is 2.32. The molecule has 1 heterocycles. The van der Waals surface area contributed by atoms with Gasteiger partial charge in [-0.05, 0) is 43.7 Å². The number of hydrogen-bond acceptors (Lipinski definition) is 4. The van der Waals surface area contributed by atoms with Crippen molar-refractivity contribution in [3.8, 4) is 0 Å². The van der Waals surface area contributed by atoms with Gasteiger partial charge < -0.3 is 10.5 Å². The van der Waals surface area contributed by atoms with Crippen LogP contribution >= 0.6 is 0 Å². The van der Waals surface area contributed by atoms with Gasteiger partial charge in [-0.15, -0.1) is 0 Å². The molecule has 0 radical (unpaired) electrons. The lowest BCUT2D eigenvalue weighted by Crippen LogP contribution is -2.31. The molecule has 0 saturated carbocycles. The Bertz CT molecular complexity index is 785. The molecule has 0 bridgehead atoms. The minimum Gasteiger partial charge on any atom is -0.449 e. The third-order valence-electron chi connectivity index (χ3n) is 4.39. The Morgan fingerprint density at radius 3 is 2.83 bits per heavy atom. The molecule has 1 aliphatic rings. The van der Waals surface area contributed by atoms with Crippen LogP contribution in [-0.4, -0.2) is 23.0 Å². The van der Waals surface area contributed by atoms with E-state index < -0.39 is 18.0 Å². The number of aryl methyl sites for hydroxylation is 1. The number of fused-ring (bicyclic) bond motifs is 2. The van der Waals surface area contributed by atoms with Gasteiger partial charge in [0, 0.05) is 11.1 Å². The van der Waals surface area contributed by atoms with E-state index in [1.54, 1.807) is 0 Å². The molecule has 120 valence electrons. The van der Waals surface area contributed by atoms with E-state index in [0.717, 1.165) is 41.4 Å². The summed E-state index contributed by atoms with van der Waals surface area (Å²) in [4.78, 5) is 28.6. The SMILES string of the molecule is C[C@H]1CCc2nc3ccccc3c(C(=O)O[C@H](C)C(N)=O)c2C1. The normalized spacial score (nSPS) is 18.3. The minimum atomic E-state index is -0.953. The average Bonchev–Trinajstić information content (AvgIpc) is 2.52. The van der Waals surface area contributed by atoms with Crippen LogP contribution in [0, 0.1) is 5.92 Å². The summed E-state index contributed by atoms with van der Waals surface area (Å²) in [6, 6.07) is 7.53.